The molecule has 0 aliphatic carbocycles. The van der Waals surface area contributed by atoms with Crippen molar-refractivity contribution in [2.24, 2.45) is 0 Å². The summed E-state index contributed by atoms with van der Waals surface area (Å²) in [6, 6.07) is 11.5. The molecule has 134 valence electrons. The lowest BCUT2D eigenvalue weighted by atomic mass is 10.1. The lowest BCUT2D eigenvalue weighted by molar-refractivity contribution is -0.116. The normalized spacial score (nSPS) is 10.2. The first-order chi connectivity index (χ1) is 12.1. The highest BCUT2D eigenvalue weighted by molar-refractivity contribution is 7.98. The Bertz CT molecular complexity index is 708. The van der Waals surface area contributed by atoms with Crippen molar-refractivity contribution in [3.8, 4) is 17.2 Å². The molecule has 0 heterocycles. The molecular weight excluding hydrogens is 338 g/mol. The first-order valence-electron chi connectivity index (χ1n) is 7.84. The van der Waals surface area contributed by atoms with Crippen molar-refractivity contribution in [2.75, 3.05) is 32.9 Å². The zero-order chi connectivity index (χ0) is 18.2. The molecule has 0 aromatic heterocycles. The molecule has 0 bridgehead atoms. The van der Waals surface area contributed by atoms with E-state index in [1.165, 1.54) is 0 Å². The molecule has 2 aromatic rings. The number of thioether (sulfide) groups is 1. The van der Waals surface area contributed by atoms with Gasteiger partial charge in [-0.25, -0.2) is 0 Å². The van der Waals surface area contributed by atoms with Crippen LogP contribution in [0.4, 0.5) is 5.69 Å². The van der Waals surface area contributed by atoms with Crippen LogP contribution in [0.25, 0.3) is 0 Å². The third-order valence-corrected chi connectivity index (χ3v) is 4.44. The molecule has 1 N–H and O–H groups in total. The Kier molecular flexibility index (Phi) is 7.01. The summed E-state index contributed by atoms with van der Waals surface area (Å²) in [6.45, 7) is 0. The van der Waals surface area contributed by atoms with E-state index in [1.807, 2.05) is 42.7 Å². The number of amides is 1. The van der Waals surface area contributed by atoms with Crippen molar-refractivity contribution in [2.45, 2.75) is 17.7 Å². The predicted molar refractivity (Wildman–Crippen MR) is 101 cm³/mol. The van der Waals surface area contributed by atoms with Crippen molar-refractivity contribution in [1.29, 1.82) is 0 Å². The molecule has 0 saturated carbocycles. The number of anilines is 1. The van der Waals surface area contributed by atoms with E-state index >= 15 is 0 Å². The van der Waals surface area contributed by atoms with E-state index < -0.39 is 0 Å². The third-order valence-electron chi connectivity index (χ3n) is 3.72. The highest BCUT2D eigenvalue weighted by Crippen LogP contribution is 2.38. The number of benzene rings is 2. The summed E-state index contributed by atoms with van der Waals surface area (Å²) in [5.74, 6) is 1.69. The van der Waals surface area contributed by atoms with Crippen LogP contribution in [0.3, 0.4) is 0 Å². The van der Waals surface area contributed by atoms with Crippen molar-refractivity contribution < 1.29 is 19.0 Å². The maximum Gasteiger partial charge on any atom is 0.224 e. The van der Waals surface area contributed by atoms with E-state index in [4.69, 9.17) is 14.2 Å². The summed E-state index contributed by atoms with van der Waals surface area (Å²) in [5, 5.41) is 2.93. The molecule has 6 heteroatoms. The molecule has 0 atom stereocenters. The Balaban J connectivity index is 2.03. The Morgan fingerprint density at radius 1 is 1.04 bits per heavy atom. The minimum atomic E-state index is -0.0352. The smallest absolute Gasteiger partial charge is 0.224 e. The average molecular weight is 361 g/mol. The van der Waals surface area contributed by atoms with Crippen molar-refractivity contribution in [3.05, 3.63) is 42.0 Å². The van der Waals surface area contributed by atoms with Crippen LogP contribution in [-0.2, 0) is 11.2 Å². The Morgan fingerprint density at radius 3 is 2.28 bits per heavy atom. The SMILES string of the molecule is COc1cc(CCC(=O)Nc2cccc(SC)c2)cc(OC)c1OC. The zero-order valence-electron chi connectivity index (χ0n) is 14.9. The van der Waals surface area contributed by atoms with Gasteiger partial charge in [0.25, 0.3) is 0 Å². The summed E-state index contributed by atoms with van der Waals surface area (Å²) < 4.78 is 16.0. The molecule has 0 unspecified atom stereocenters. The van der Waals surface area contributed by atoms with Gasteiger partial charge >= 0.3 is 0 Å². The van der Waals surface area contributed by atoms with Crippen LogP contribution in [0.5, 0.6) is 17.2 Å². The Morgan fingerprint density at radius 2 is 1.72 bits per heavy atom. The average Bonchev–Trinajstić information content (AvgIpc) is 2.65. The van der Waals surface area contributed by atoms with Crippen LogP contribution in [0.1, 0.15) is 12.0 Å². The van der Waals surface area contributed by atoms with Gasteiger partial charge in [-0.3, -0.25) is 4.79 Å². The van der Waals surface area contributed by atoms with Gasteiger partial charge in [-0.15, -0.1) is 11.8 Å². The van der Waals surface area contributed by atoms with Crippen LogP contribution < -0.4 is 19.5 Å². The Labute approximate surface area is 152 Å². The fourth-order valence-corrected chi connectivity index (χ4v) is 2.92. The van der Waals surface area contributed by atoms with Crippen molar-refractivity contribution in [1.82, 2.24) is 0 Å². The maximum absolute atomic E-state index is 12.2. The van der Waals surface area contributed by atoms with Gasteiger partial charge in [-0.1, -0.05) is 6.07 Å². The number of hydrogen-bond acceptors (Lipinski definition) is 5. The van der Waals surface area contributed by atoms with Crippen LogP contribution in [0.2, 0.25) is 0 Å². The lowest BCUT2D eigenvalue weighted by Gasteiger charge is -2.14. The van der Waals surface area contributed by atoms with Crippen LogP contribution in [0.15, 0.2) is 41.3 Å². The number of aryl methyl sites for hydroxylation is 1. The molecular formula is C19H23NO4S. The molecule has 0 aliphatic heterocycles. The van der Waals surface area contributed by atoms with E-state index in [-0.39, 0.29) is 5.91 Å². The second-order valence-electron chi connectivity index (χ2n) is 5.31. The molecule has 0 spiro atoms. The second-order valence-corrected chi connectivity index (χ2v) is 6.19. The summed E-state index contributed by atoms with van der Waals surface area (Å²) in [6.07, 6.45) is 2.94. The van der Waals surface area contributed by atoms with Gasteiger partial charge in [-0.05, 0) is 48.6 Å². The fourth-order valence-electron chi connectivity index (χ4n) is 2.46. The number of ether oxygens (including phenoxy) is 3. The second kappa shape index (κ2) is 9.22. The van der Waals surface area contributed by atoms with Gasteiger partial charge in [-0.2, -0.15) is 0 Å². The van der Waals surface area contributed by atoms with Crippen molar-refractivity contribution in [3.63, 3.8) is 0 Å². The molecule has 0 aliphatic rings. The summed E-state index contributed by atoms with van der Waals surface area (Å²) in [4.78, 5) is 13.3. The zero-order valence-corrected chi connectivity index (χ0v) is 15.7. The molecule has 0 radical (unpaired) electrons. The monoisotopic (exact) mass is 361 g/mol. The third kappa shape index (κ3) is 5.06. The van der Waals surface area contributed by atoms with Crippen LogP contribution >= 0.6 is 11.8 Å². The molecule has 0 saturated heterocycles. The number of carbonyl (C=O) groups is 1. The standard InChI is InChI=1S/C19H23NO4S/c1-22-16-10-13(11-17(23-2)19(16)24-3)8-9-18(21)20-14-6-5-7-15(12-14)25-4/h5-7,10-12H,8-9H2,1-4H3,(H,20,21). The van der Waals surface area contributed by atoms with E-state index in [9.17, 15) is 4.79 Å². The predicted octanol–water partition coefficient (Wildman–Crippen LogP) is 4.01. The first-order valence-corrected chi connectivity index (χ1v) is 9.06. The topological polar surface area (TPSA) is 56.8 Å². The van der Waals surface area contributed by atoms with Crippen LogP contribution in [-0.4, -0.2) is 33.5 Å². The van der Waals surface area contributed by atoms with E-state index in [0.717, 1.165) is 16.1 Å². The van der Waals surface area contributed by atoms with Gasteiger partial charge in [0.15, 0.2) is 11.5 Å². The van der Waals surface area contributed by atoms with E-state index in [1.54, 1.807) is 33.1 Å². The molecule has 25 heavy (non-hydrogen) atoms. The molecule has 2 rings (SSSR count). The van der Waals surface area contributed by atoms with Gasteiger partial charge < -0.3 is 19.5 Å². The highest BCUT2D eigenvalue weighted by Gasteiger charge is 2.14. The number of rotatable bonds is 8. The number of methoxy groups -OCH3 is 3. The quantitative estimate of drug-likeness (QED) is 0.720. The summed E-state index contributed by atoms with van der Waals surface area (Å²) in [5.41, 5.74) is 1.75. The largest absolute Gasteiger partial charge is 0.493 e. The van der Waals surface area contributed by atoms with Gasteiger partial charge in [0.1, 0.15) is 0 Å². The van der Waals surface area contributed by atoms with Gasteiger partial charge in [0.2, 0.25) is 11.7 Å². The molecule has 0 fully saturated rings. The first kappa shape index (κ1) is 19.0. The van der Waals surface area contributed by atoms with Crippen LogP contribution in [0, 0.1) is 0 Å². The van der Waals surface area contributed by atoms with E-state index in [2.05, 4.69) is 5.32 Å². The van der Waals surface area contributed by atoms with Gasteiger partial charge in [0.05, 0.1) is 21.3 Å². The van der Waals surface area contributed by atoms with E-state index in [0.29, 0.717) is 30.1 Å². The Hall–Kier alpha value is -2.34. The fraction of sp³-hybridized carbons (Fsp3) is 0.316. The molecule has 2 aromatic carbocycles. The summed E-state index contributed by atoms with van der Waals surface area (Å²) >= 11 is 1.64. The van der Waals surface area contributed by atoms with Gasteiger partial charge in [0, 0.05) is 17.0 Å². The highest BCUT2D eigenvalue weighted by atomic mass is 32.2. The lowest BCUT2D eigenvalue weighted by Crippen LogP contribution is -2.12. The number of nitrogens with one attached hydrogen (secondary N) is 1. The molecule has 1 amide bonds. The molecule has 5 nitrogen and oxygen atoms in total. The number of hydrogen-bond donors (Lipinski definition) is 1. The number of carbonyl (C=O) groups excluding carboxylic acids is 1. The minimum absolute atomic E-state index is 0.0352. The maximum atomic E-state index is 12.2. The summed E-state index contributed by atoms with van der Waals surface area (Å²) in [7, 11) is 4.72. The van der Waals surface area contributed by atoms with Crippen molar-refractivity contribution >= 4 is 23.4 Å². The minimum Gasteiger partial charge on any atom is -0.493 e.